The molecule has 2 rings (SSSR count). The van der Waals surface area contributed by atoms with Gasteiger partial charge in [0.25, 0.3) is 6.43 Å². The molecule has 3 nitrogen and oxygen atoms in total. The molecule has 1 aromatic heterocycles. The van der Waals surface area contributed by atoms with Crippen molar-refractivity contribution < 1.29 is 8.78 Å². The van der Waals surface area contributed by atoms with Gasteiger partial charge in [0, 0.05) is 23.6 Å². The smallest absolute Gasteiger partial charge is 0.263 e. The van der Waals surface area contributed by atoms with Crippen LogP contribution in [-0.2, 0) is 6.54 Å². The van der Waals surface area contributed by atoms with Gasteiger partial charge < -0.3 is 5.32 Å². The molecule has 17 heavy (non-hydrogen) atoms. The highest BCUT2D eigenvalue weighted by Gasteiger charge is 2.06. The van der Waals surface area contributed by atoms with Gasteiger partial charge in [-0.3, -0.25) is 0 Å². The predicted molar refractivity (Wildman–Crippen MR) is 63.4 cm³/mol. The fraction of sp³-hybridized carbons (Fsp3) is 0.273. The van der Waals surface area contributed by atoms with Crippen molar-refractivity contribution >= 4 is 16.7 Å². The maximum absolute atomic E-state index is 12.3. The van der Waals surface area contributed by atoms with Crippen LogP contribution in [0, 0.1) is 6.92 Å². The summed E-state index contributed by atoms with van der Waals surface area (Å²) in [6.07, 6.45) is -2.41. The highest BCUT2D eigenvalue weighted by atomic mass is 32.1. The molecule has 0 fully saturated rings. The normalized spacial score (nSPS) is 10.8. The SMILES string of the molecule is Cc1nsc(NCc2ccc(C(F)F)cc2)n1. The van der Waals surface area contributed by atoms with Crippen LogP contribution >= 0.6 is 11.5 Å². The number of nitrogens with zero attached hydrogens (tertiary/aromatic N) is 2. The first-order valence-electron chi connectivity index (χ1n) is 5.06. The van der Waals surface area contributed by atoms with Crippen LogP contribution in [0.1, 0.15) is 23.4 Å². The summed E-state index contributed by atoms with van der Waals surface area (Å²) in [6, 6.07) is 6.24. The predicted octanol–water partition coefficient (Wildman–Crippen LogP) is 3.40. The molecule has 1 heterocycles. The number of aryl methyl sites for hydroxylation is 1. The van der Waals surface area contributed by atoms with E-state index in [0.29, 0.717) is 6.54 Å². The van der Waals surface area contributed by atoms with E-state index in [4.69, 9.17) is 0 Å². The second kappa shape index (κ2) is 5.18. The molecule has 1 N–H and O–H groups in total. The monoisotopic (exact) mass is 255 g/mol. The molecule has 0 radical (unpaired) electrons. The number of alkyl halides is 2. The van der Waals surface area contributed by atoms with Crippen LogP contribution in [0.4, 0.5) is 13.9 Å². The number of benzene rings is 1. The van der Waals surface area contributed by atoms with Gasteiger partial charge >= 0.3 is 0 Å². The third kappa shape index (κ3) is 3.20. The molecule has 6 heteroatoms. The zero-order chi connectivity index (χ0) is 12.3. The largest absolute Gasteiger partial charge is 0.356 e. The minimum absolute atomic E-state index is 0.0421. The van der Waals surface area contributed by atoms with Crippen LogP contribution in [0.2, 0.25) is 0 Å². The van der Waals surface area contributed by atoms with Gasteiger partial charge in [0.2, 0.25) is 5.13 Å². The van der Waals surface area contributed by atoms with E-state index in [1.807, 2.05) is 6.92 Å². The van der Waals surface area contributed by atoms with Crippen LogP contribution < -0.4 is 5.32 Å². The summed E-state index contributed by atoms with van der Waals surface area (Å²) < 4.78 is 28.7. The molecule has 2 aromatic rings. The molecular formula is C11H11F2N3S. The van der Waals surface area contributed by atoms with Crippen molar-refractivity contribution in [3.05, 3.63) is 41.2 Å². The molecular weight excluding hydrogens is 244 g/mol. The summed E-state index contributed by atoms with van der Waals surface area (Å²) >= 11 is 1.28. The van der Waals surface area contributed by atoms with E-state index < -0.39 is 6.43 Å². The highest BCUT2D eigenvalue weighted by molar-refractivity contribution is 7.09. The first kappa shape index (κ1) is 11.9. The Morgan fingerprint density at radius 3 is 2.53 bits per heavy atom. The Morgan fingerprint density at radius 1 is 1.29 bits per heavy atom. The molecule has 90 valence electrons. The average Bonchev–Trinajstić information content (AvgIpc) is 2.73. The van der Waals surface area contributed by atoms with Gasteiger partial charge in [0.05, 0.1) is 0 Å². The summed E-state index contributed by atoms with van der Waals surface area (Å²) in [5, 5.41) is 3.82. The molecule has 0 bridgehead atoms. The molecule has 0 aliphatic rings. The first-order chi connectivity index (χ1) is 8.15. The van der Waals surface area contributed by atoms with Crippen LogP contribution in [0.15, 0.2) is 24.3 Å². The number of hydrogen-bond donors (Lipinski definition) is 1. The van der Waals surface area contributed by atoms with E-state index in [-0.39, 0.29) is 5.56 Å². The fourth-order valence-corrected chi connectivity index (χ4v) is 1.90. The van der Waals surface area contributed by atoms with Crippen molar-refractivity contribution in [2.75, 3.05) is 5.32 Å². The van der Waals surface area contributed by atoms with Gasteiger partial charge in [-0.15, -0.1) is 0 Å². The Balaban J connectivity index is 1.95. The standard InChI is InChI=1S/C11H11F2N3S/c1-7-15-11(17-16-7)14-6-8-2-4-9(5-3-8)10(12)13/h2-5,10H,6H2,1H3,(H,14,15,16). The molecule has 0 saturated carbocycles. The molecule has 1 aromatic carbocycles. The van der Waals surface area contributed by atoms with Crippen LogP contribution in [-0.4, -0.2) is 9.36 Å². The molecule has 0 saturated heterocycles. The third-order valence-corrected chi connectivity index (χ3v) is 2.97. The lowest BCUT2D eigenvalue weighted by Gasteiger charge is -2.04. The summed E-state index contributed by atoms with van der Waals surface area (Å²) in [7, 11) is 0. The van der Waals surface area contributed by atoms with Gasteiger partial charge in [0.15, 0.2) is 0 Å². The van der Waals surface area contributed by atoms with Crippen LogP contribution in [0.3, 0.4) is 0 Å². The second-order valence-corrected chi connectivity index (χ2v) is 4.29. The molecule has 0 amide bonds. The number of nitrogens with one attached hydrogen (secondary N) is 1. The van der Waals surface area contributed by atoms with Crippen molar-refractivity contribution in [1.82, 2.24) is 9.36 Å². The molecule has 0 aliphatic carbocycles. The molecule has 0 atom stereocenters. The molecule has 0 spiro atoms. The Labute approximate surface area is 102 Å². The second-order valence-electron chi connectivity index (χ2n) is 3.54. The molecule has 0 unspecified atom stereocenters. The Kier molecular flexibility index (Phi) is 3.63. The van der Waals surface area contributed by atoms with Gasteiger partial charge in [0.1, 0.15) is 5.82 Å². The van der Waals surface area contributed by atoms with Crippen molar-refractivity contribution in [3.8, 4) is 0 Å². The van der Waals surface area contributed by atoms with Crippen molar-refractivity contribution in [2.24, 2.45) is 0 Å². The molecule has 0 aliphatic heterocycles. The lowest BCUT2D eigenvalue weighted by Crippen LogP contribution is -1.99. The van der Waals surface area contributed by atoms with Gasteiger partial charge in [-0.1, -0.05) is 24.3 Å². The number of aromatic nitrogens is 2. The van der Waals surface area contributed by atoms with Crippen molar-refractivity contribution in [3.63, 3.8) is 0 Å². The van der Waals surface area contributed by atoms with E-state index in [2.05, 4.69) is 14.7 Å². The van der Waals surface area contributed by atoms with E-state index in [1.165, 1.54) is 23.7 Å². The number of rotatable bonds is 4. The number of hydrogen-bond acceptors (Lipinski definition) is 4. The van der Waals surface area contributed by atoms with Crippen LogP contribution in [0.5, 0.6) is 0 Å². The van der Waals surface area contributed by atoms with E-state index in [1.54, 1.807) is 12.1 Å². The summed E-state index contributed by atoms with van der Waals surface area (Å²) in [5.74, 6) is 0.727. The lowest BCUT2D eigenvalue weighted by atomic mass is 10.1. The number of anilines is 1. The minimum atomic E-state index is -2.41. The van der Waals surface area contributed by atoms with E-state index >= 15 is 0 Å². The highest BCUT2D eigenvalue weighted by Crippen LogP contribution is 2.19. The quantitative estimate of drug-likeness (QED) is 0.910. The van der Waals surface area contributed by atoms with Crippen molar-refractivity contribution in [2.45, 2.75) is 19.9 Å². The lowest BCUT2D eigenvalue weighted by molar-refractivity contribution is 0.151. The van der Waals surface area contributed by atoms with Gasteiger partial charge in [-0.2, -0.15) is 4.37 Å². The fourth-order valence-electron chi connectivity index (χ4n) is 1.33. The summed E-state index contributed by atoms with van der Waals surface area (Å²) in [4.78, 5) is 4.15. The maximum atomic E-state index is 12.3. The summed E-state index contributed by atoms with van der Waals surface area (Å²) in [6.45, 7) is 2.37. The van der Waals surface area contributed by atoms with Gasteiger partial charge in [-0.05, 0) is 12.5 Å². The summed E-state index contributed by atoms with van der Waals surface area (Å²) in [5.41, 5.74) is 0.975. The Bertz CT molecular complexity index is 482. The zero-order valence-electron chi connectivity index (χ0n) is 9.15. The first-order valence-corrected chi connectivity index (χ1v) is 5.83. The van der Waals surface area contributed by atoms with Crippen LogP contribution in [0.25, 0.3) is 0 Å². The average molecular weight is 255 g/mol. The zero-order valence-corrected chi connectivity index (χ0v) is 9.97. The number of halogens is 2. The van der Waals surface area contributed by atoms with E-state index in [0.717, 1.165) is 16.5 Å². The minimum Gasteiger partial charge on any atom is -0.356 e. The topological polar surface area (TPSA) is 37.8 Å². The Morgan fingerprint density at radius 2 is 2.00 bits per heavy atom. The maximum Gasteiger partial charge on any atom is 0.263 e. The Hall–Kier alpha value is -1.56. The van der Waals surface area contributed by atoms with E-state index in [9.17, 15) is 8.78 Å². The van der Waals surface area contributed by atoms with Gasteiger partial charge in [-0.25, -0.2) is 13.8 Å². The third-order valence-electron chi connectivity index (χ3n) is 2.20. The van der Waals surface area contributed by atoms with Crippen molar-refractivity contribution in [1.29, 1.82) is 0 Å².